The summed E-state index contributed by atoms with van der Waals surface area (Å²) in [4.78, 5) is 15.7. The minimum Gasteiger partial charge on any atom is -0.368 e. The Kier molecular flexibility index (Phi) is 3.49. The van der Waals surface area contributed by atoms with E-state index in [4.69, 9.17) is 4.84 Å². The van der Waals surface area contributed by atoms with E-state index in [1.54, 1.807) is 5.06 Å². The van der Waals surface area contributed by atoms with Gasteiger partial charge in [0, 0.05) is 26.6 Å². The average Bonchev–Trinajstić information content (AvgIpc) is 2.04. The first-order valence-corrected chi connectivity index (χ1v) is 4.40. The van der Waals surface area contributed by atoms with Crippen molar-refractivity contribution in [3.05, 3.63) is 0 Å². The molecule has 1 rings (SSSR count). The summed E-state index contributed by atoms with van der Waals surface area (Å²) >= 11 is 0. The SMILES string of the molecule is CCC1CNCCN1OC(C)=O. The van der Waals surface area contributed by atoms with Gasteiger partial charge >= 0.3 is 5.97 Å². The molecule has 0 radical (unpaired) electrons. The summed E-state index contributed by atoms with van der Waals surface area (Å²) in [5.41, 5.74) is 0. The van der Waals surface area contributed by atoms with E-state index in [-0.39, 0.29) is 5.97 Å². The van der Waals surface area contributed by atoms with Crippen LogP contribution in [0.4, 0.5) is 0 Å². The number of hydrogen-bond acceptors (Lipinski definition) is 4. The van der Waals surface area contributed by atoms with Gasteiger partial charge in [0.25, 0.3) is 0 Å². The molecular weight excluding hydrogens is 156 g/mol. The van der Waals surface area contributed by atoms with Gasteiger partial charge in [0.15, 0.2) is 0 Å². The van der Waals surface area contributed by atoms with Crippen LogP contribution in [0.2, 0.25) is 0 Å². The molecule has 1 heterocycles. The largest absolute Gasteiger partial charge is 0.368 e. The van der Waals surface area contributed by atoms with Crippen molar-refractivity contribution < 1.29 is 9.63 Å². The maximum absolute atomic E-state index is 10.7. The fourth-order valence-corrected chi connectivity index (χ4v) is 1.38. The van der Waals surface area contributed by atoms with E-state index >= 15 is 0 Å². The van der Waals surface area contributed by atoms with Crippen molar-refractivity contribution in [3.63, 3.8) is 0 Å². The molecule has 1 aliphatic heterocycles. The van der Waals surface area contributed by atoms with Crippen molar-refractivity contribution in [2.24, 2.45) is 0 Å². The van der Waals surface area contributed by atoms with Gasteiger partial charge in [0.1, 0.15) is 0 Å². The van der Waals surface area contributed by atoms with Crippen LogP contribution in [0.5, 0.6) is 0 Å². The van der Waals surface area contributed by atoms with Crippen molar-refractivity contribution in [3.8, 4) is 0 Å². The second-order valence-corrected chi connectivity index (χ2v) is 2.99. The smallest absolute Gasteiger partial charge is 0.322 e. The fraction of sp³-hybridized carbons (Fsp3) is 0.875. The van der Waals surface area contributed by atoms with Gasteiger partial charge in [-0.3, -0.25) is 4.79 Å². The van der Waals surface area contributed by atoms with Crippen molar-refractivity contribution in [2.75, 3.05) is 19.6 Å². The van der Waals surface area contributed by atoms with E-state index in [1.807, 2.05) is 0 Å². The molecule has 70 valence electrons. The van der Waals surface area contributed by atoms with Gasteiger partial charge in [-0.2, -0.15) is 0 Å². The monoisotopic (exact) mass is 172 g/mol. The summed E-state index contributed by atoms with van der Waals surface area (Å²) in [5, 5.41) is 5.03. The highest BCUT2D eigenvalue weighted by atomic mass is 16.7. The summed E-state index contributed by atoms with van der Waals surface area (Å²) in [5.74, 6) is -0.227. The molecular formula is C8H16N2O2. The molecule has 0 saturated carbocycles. The Hall–Kier alpha value is -0.610. The highest BCUT2D eigenvalue weighted by Crippen LogP contribution is 2.07. The van der Waals surface area contributed by atoms with Crippen molar-refractivity contribution in [1.82, 2.24) is 10.4 Å². The van der Waals surface area contributed by atoms with Crippen LogP contribution in [0.1, 0.15) is 20.3 Å². The zero-order valence-electron chi connectivity index (χ0n) is 7.67. The number of hydrogen-bond donors (Lipinski definition) is 1. The Morgan fingerprint density at radius 2 is 2.50 bits per heavy atom. The summed E-state index contributed by atoms with van der Waals surface area (Å²) in [6.07, 6.45) is 1.00. The molecule has 1 N–H and O–H groups in total. The van der Waals surface area contributed by atoms with Crippen molar-refractivity contribution in [1.29, 1.82) is 0 Å². The molecule has 1 saturated heterocycles. The van der Waals surface area contributed by atoms with Crippen LogP contribution in [0.3, 0.4) is 0 Å². The predicted octanol–water partition coefficient (Wildman–Crippen LogP) is 0.148. The van der Waals surface area contributed by atoms with E-state index in [2.05, 4.69) is 12.2 Å². The standard InChI is InChI=1S/C8H16N2O2/c1-3-8-6-9-4-5-10(8)12-7(2)11/h8-9H,3-6H2,1-2H3. The summed E-state index contributed by atoms with van der Waals surface area (Å²) in [7, 11) is 0. The van der Waals surface area contributed by atoms with Crippen LogP contribution in [0, 0.1) is 0 Å². The molecule has 0 bridgehead atoms. The minimum absolute atomic E-state index is 0.227. The number of rotatable bonds is 2. The normalized spacial score (nSPS) is 25.3. The molecule has 0 aromatic heterocycles. The number of piperazine rings is 1. The topological polar surface area (TPSA) is 41.6 Å². The Morgan fingerprint density at radius 1 is 1.75 bits per heavy atom. The average molecular weight is 172 g/mol. The summed E-state index contributed by atoms with van der Waals surface area (Å²) in [6, 6.07) is 0.336. The van der Waals surface area contributed by atoms with Crippen LogP contribution in [-0.2, 0) is 9.63 Å². The number of nitrogens with zero attached hydrogens (tertiary/aromatic N) is 1. The Bertz CT molecular complexity index is 161. The van der Waals surface area contributed by atoms with Gasteiger partial charge in [-0.1, -0.05) is 6.92 Å². The number of nitrogens with one attached hydrogen (secondary N) is 1. The first kappa shape index (κ1) is 9.48. The zero-order chi connectivity index (χ0) is 8.97. The number of carbonyl (C=O) groups excluding carboxylic acids is 1. The highest BCUT2D eigenvalue weighted by Gasteiger charge is 2.22. The molecule has 0 amide bonds. The van der Waals surface area contributed by atoms with Crippen molar-refractivity contribution >= 4 is 5.97 Å². The molecule has 0 aromatic rings. The molecule has 12 heavy (non-hydrogen) atoms. The number of carbonyl (C=O) groups is 1. The van der Waals surface area contributed by atoms with E-state index in [1.165, 1.54) is 6.92 Å². The third kappa shape index (κ3) is 2.46. The molecule has 0 aliphatic carbocycles. The molecule has 1 unspecified atom stereocenters. The second kappa shape index (κ2) is 4.42. The van der Waals surface area contributed by atoms with Gasteiger partial charge in [-0.05, 0) is 6.42 Å². The van der Waals surface area contributed by atoms with E-state index < -0.39 is 0 Å². The van der Waals surface area contributed by atoms with Gasteiger partial charge in [0.2, 0.25) is 0 Å². The highest BCUT2D eigenvalue weighted by molar-refractivity contribution is 5.65. The molecule has 1 atom stereocenters. The first-order chi connectivity index (χ1) is 5.74. The van der Waals surface area contributed by atoms with Crippen LogP contribution < -0.4 is 5.32 Å². The number of hydroxylamine groups is 2. The van der Waals surface area contributed by atoms with Crippen LogP contribution in [-0.4, -0.2) is 36.7 Å². The van der Waals surface area contributed by atoms with Gasteiger partial charge in [-0.25, -0.2) is 0 Å². The molecule has 4 heteroatoms. The van der Waals surface area contributed by atoms with Crippen molar-refractivity contribution in [2.45, 2.75) is 26.3 Å². The summed E-state index contributed by atoms with van der Waals surface area (Å²) < 4.78 is 0. The van der Waals surface area contributed by atoms with Crippen LogP contribution in [0.25, 0.3) is 0 Å². The van der Waals surface area contributed by atoms with Crippen LogP contribution in [0.15, 0.2) is 0 Å². The van der Waals surface area contributed by atoms with E-state index in [9.17, 15) is 4.79 Å². The lowest BCUT2D eigenvalue weighted by Crippen LogP contribution is -2.51. The molecule has 4 nitrogen and oxygen atoms in total. The molecule has 0 spiro atoms. The quantitative estimate of drug-likeness (QED) is 0.643. The third-order valence-corrected chi connectivity index (χ3v) is 2.01. The Labute approximate surface area is 72.8 Å². The predicted molar refractivity (Wildman–Crippen MR) is 45.4 cm³/mol. The Balaban J connectivity index is 2.41. The molecule has 1 fully saturated rings. The zero-order valence-corrected chi connectivity index (χ0v) is 7.67. The van der Waals surface area contributed by atoms with Crippen LogP contribution >= 0.6 is 0 Å². The lowest BCUT2D eigenvalue weighted by Gasteiger charge is -2.33. The first-order valence-electron chi connectivity index (χ1n) is 4.40. The molecule has 0 aromatic carbocycles. The molecule has 1 aliphatic rings. The van der Waals surface area contributed by atoms with E-state index in [0.717, 1.165) is 26.1 Å². The van der Waals surface area contributed by atoms with E-state index in [0.29, 0.717) is 6.04 Å². The second-order valence-electron chi connectivity index (χ2n) is 2.99. The van der Waals surface area contributed by atoms with Gasteiger partial charge < -0.3 is 10.2 Å². The minimum atomic E-state index is -0.227. The lowest BCUT2D eigenvalue weighted by atomic mass is 10.2. The third-order valence-electron chi connectivity index (χ3n) is 2.01. The Morgan fingerprint density at radius 3 is 3.08 bits per heavy atom. The summed E-state index contributed by atoms with van der Waals surface area (Å²) in [6.45, 7) is 6.12. The lowest BCUT2D eigenvalue weighted by molar-refractivity contribution is -0.203. The fourth-order valence-electron chi connectivity index (χ4n) is 1.38. The maximum atomic E-state index is 10.7. The van der Waals surface area contributed by atoms with Gasteiger partial charge in [0.05, 0.1) is 6.04 Å². The van der Waals surface area contributed by atoms with Gasteiger partial charge in [-0.15, -0.1) is 5.06 Å². The maximum Gasteiger partial charge on any atom is 0.322 e.